The molecule has 0 atom stereocenters. The molecule has 1 aromatic heterocycles. The fourth-order valence-electron chi connectivity index (χ4n) is 1.59. The number of hydrogen-bond donors (Lipinski definition) is 1. The second-order valence-corrected chi connectivity index (χ2v) is 4.50. The van der Waals surface area contributed by atoms with Crippen molar-refractivity contribution in [2.24, 2.45) is 0 Å². The summed E-state index contributed by atoms with van der Waals surface area (Å²) in [6.07, 6.45) is 3.77. The first-order valence-electron chi connectivity index (χ1n) is 5.22. The Hall–Kier alpha value is -1.13. The first kappa shape index (κ1) is 11.4. The molecule has 3 nitrogen and oxygen atoms in total. The van der Waals surface area contributed by atoms with Gasteiger partial charge in [-0.05, 0) is 24.7 Å². The average molecular weight is 280 g/mol. The minimum atomic E-state index is 0.932. The van der Waals surface area contributed by atoms with Gasteiger partial charge in [-0.2, -0.15) is 0 Å². The number of halogens is 1. The van der Waals surface area contributed by atoms with E-state index in [-0.39, 0.29) is 0 Å². The molecule has 0 amide bonds. The summed E-state index contributed by atoms with van der Waals surface area (Å²) in [5.74, 6) is 0. The number of benzene rings is 1. The number of nitrogens with one attached hydrogen (secondary N) is 1. The van der Waals surface area contributed by atoms with E-state index in [4.69, 9.17) is 0 Å². The predicted octanol–water partition coefficient (Wildman–Crippen LogP) is 2.53. The maximum absolute atomic E-state index is 4.20. The lowest BCUT2D eigenvalue weighted by atomic mass is 10.2. The van der Waals surface area contributed by atoms with E-state index in [2.05, 4.69) is 42.9 Å². The Morgan fingerprint density at radius 1 is 1.31 bits per heavy atom. The molecule has 0 aliphatic heterocycles. The summed E-state index contributed by atoms with van der Waals surface area (Å²) in [6.45, 7) is 1.88. The van der Waals surface area contributed by atoms with E-state index < -0.39 is 0 Å². The van der Waals surface area contributed by atoms with Crippen LogP contribution < -0.4 is 5.32 Å². The quantitative estimate of drug-likeness (QED) is 0.932. The average Bonchev–Trinajstić information content (AvgIpc) is 2.75. The van der Waals surface area contributed by atoms with Crippen LogP contribution in [-0.4, -0.2) is 23.1 Å². The molecule has 84 valence electrons. The van der Waals surface area contributed by atoms with Gasteiger partial charge in [-0.25, -0.2) is 4.98 Å². The van der Waals surface area contributed by atoms with Crippen molar-refractivity contribution in [1.29, 1.82) is 0 Å². The molecule has 4 heteroatoms. The molecule has 0 unspecified atom stereocenters. The standard InChI is InChI=1S/C12H14BrN3/c1-14-6-7-16-9-15-8-12(16)10-2-4-11(13)5-3-10/h2-5,8-9,14H,6-7H2,1H3. The van der Waals surface area contributed by atoms with Gasteiger partial charge >= 0.3 is 0 Å². The third kappa shape index (κ3) is 2.51. The predicted molar refractivity (Wildman–Crippen MR) is 69.3 cm³/mol. The number of hydrogen-bond acceptors (Lipinski definition) is 2. The van der Waals surface area contributed by atoms with E-state index in [1.54, 1.807) is 0 Å². The molecule has 2 aromatic rings. The molecule has 1 aromatic carbocycles. The van der Waals surface area contributed by atoms with Crippen LogP contribution >= 0.6 is 15.9 Å². The number of likely N-dealkylation sites (N-methyl/N-ethyl adjacent to an activating group) is 1. The lowest BCUT2D eigenvalue weighted by Crippen LogP contribution is -2.14. The lowest BCUT2D eigenvalue weighted by molar-refractivity contribution is 0.648. The number of aromatic nitrogens is 2. The molecule has 0 bridgehead atoms. The van der Waals surface area contributed by atoms with Crippen molar-refractivity contribution in [3.05, 3.63) is 41.3 Å². The minimum Gasteiger partial charge on any atom is -0.329 e. The largest absolute Gasteiger partial charge is 0.329 e. The summed E-state index contributed by atoms with van der Waals surface area (Å²) in [6, 6.07) is 8.28. The Bertz CT molecular complexity index is 448. The van der Waals surface area contributed by atoms with Gasteiger partial charge in [0, 0.05) is 17.6 Å². The topological polar surface area (TPSA) is 29.9 Å². The highest BCUT2D eigenvalue weighted by molar-refractivity contribution is 9.10. The lowest BCUT2D eigenvalue weighted by Gasteiger charge is -2.07. The molecule has 0 aliphatic rings. The molecule has 0 saturated carbocycles. The van der Waals surface area contributed by atoms with Crippen molar-refractivity contribution >= 4 is 15.9 Å². The number of nitrogens with zero attached hydrogens (tertiary/aromatic N) is 2. The molecular formula is C12H14BrN3. The van der Waals surface area contributed by atoms with Crippen LogP contribution in [0.2, 0.25) is 0 Å². The molecule has 0 radical (unpaired) electrons. The van der Waals surface area contributed by atoms with Gasteiger partial charge < -0.3 is 9.88 Å². The monoisotopic (exact) mass is 279 g/mol. The van der Waals surface area contributed by atoms with Crippen LogP contribution in [0.25, 0.3) is 11.3 Å². The third-order valence-electron chi connectivity index (χ3n) is 2.45. The fraction of sp³-hybridized carbons (Fsp3) is 0.250. The first-order valence-corrected chi connectivity index (χ1v) is 6.01. The van der Waals surface area contributed by atoms with Crippen molar-refractivity contribution in [3.8, 4) is 11.3 Å². The highest BCUT2D eigenvalue weighted by Crippen LogP contribution is 2.21. The van der Waals surface area contributed by atoms with Crippen LogP contribution in [-0.2, 0) is 6.54 Å². The smallest absolute Gasteiger partial charge is 0.0951 e. The summed E-state index contributed by atoms with van der Waals surface area (Å²) < 4.78 is 3.25. The highest BCUT2D eigenvalue weighted by atomic mass is 79.9. The van der Waals surface area contributed by atoms with E-state index >= 15 is 0 Å². The van der Waals surface area contributed by atoms with E-state index in [0.29, 0.717) is 0 Å². The second kappa shape index (κ2) is 5.27. The third-order valence-corrected chi connectivity index (χ3v) is 2.98. The van der Waals surface area contributed by atoms with Crippen LogP contribution in [0.1, 0.15) is 0 Å². The SMILES string of the molecule is CNCCn1cncc1-c1ccc(Br)cc1. The van der Waals surface area contributed by atoms with Gasteiger partial charge in [-0.3, -0.25) is 0 Å². The minimum absolute atomic E-state index is 0.932. The fourth-order valence-corrected chi connectivity index (χ4v) is 1.86. The van der Waals surface area contributed by atoms with Crippen LogP contribution in [0, 0.1) is 0 Å². The maximum atomic E-state index is 4.20. The van der Waals surface area contributed by atoms with Crippen molar-refractivity contribution in [1.82, 2.24) is 14.9 Å². The van der Waals surface area contributed by atoms with Crippen LogP contribution in [0.5, 0.6) is 0 Å². The van der Waals surface area contributed by atoms with Gasteiger partial charge in [-0.1, -0.05) is 28.1 Å². The van der Waals surface area contributed by atoms with E-state index in [0.717, 1.165) is 23.3 Å². The van der Waals surface area contributed by atoms with E-state index in [1.165, 1.54) is 5.56 Å². The molecule has 16 heavy (non-hydrogen) atoms. The summed E-state index contributed by atoms with van der Waals surface area (Å²) in [7, 11) is 1.95. The van der Waals surface area contributed by atoms with Crippen LogP contribution in [0.3, 0.4) is 0 Å². The van der Waals surface area contributed by atoms with Gasteiger partial charge in [0.1, 0.15) is 0 Å². The molecule has 0 spiro atoms. The summed E-state index contributed by atoms with van der Waals surface area (Å²) in [5, 5.41) is 3.14. The molecular weight excluding hydrogens is 266 g/mol. The van der Waals surface area contributed by atoms with Crippen LogP contribution in [0.15, 0.2) is 41.3 Å². The van der Waals surface area contributed by atoms with Crippen molar-refractivity contribution in [3.63, 3.8) is 0 Å². The zero-order valence-electron chi connectivity index (χ0n) is 9.15. The Labute approximate surface area is 104 Å². The Balaban J connectivity index is 2.26. The highest BCUT2D eigenvalue weighted by Gasteiger charge is 2.03. The molecule has 0 fully saturated rings. The van der Waals surface area contributed by atoms with Gasteiger partial charge in [0.2, 0.25) is 0 Å². The molecule has 1 N–H and O–H groups in total. The van der Waals surface area contributed by atoms with Gasteiger partial charge in [0.25, 0.3) is 0 Å². The Morgan fingerprint density at radius 2 is 2.06 bits per heavy atom. The Morgan fingerprint density at radius 3 is 2.75 bits per heavy atom. The number of imidazole rings is 1. The second-order valence-electron chi connectivity index (χ2n) is 3.58. The summed E-state index contributed by atoms with van der Waals surface area (Å²) in [4.78, 5) is 4.20. The van der Waals surface area contributed by atoms with Gasteiger partial charge in [0.05, 0.1) is 18.2 Å². The zero-order chi connectivity index (χ0) is 11.4. The van der Waals surface area contributed by atoms with Gasteiger partial charge in [0.15, 0.2) is 0 Å². The molecule has 0 saturated heterocycles. The maximum Gasteiger partial charge on any atom is 0.0951 e. The number of rotatable bonds is 4. The van der Waals surface area contributed by atoms with Crippen molar-refractivity contribution < 1.29 is 0 Å². The van der Waals surface area contributed by atoms with Crippen LogP contribution in [0.4, 0.5) is 0 Å². The van der Waals surface area contributed by atoms with E-state index in [9.17, 15) is 0 Å². The van der Waals surface area contributed by atoms with Crippen molar-refractivity contribution in [2.45, 2.75) is 6.54 Å². The summed E-state index contributed by atoms with van der Waals surface area (Å²) >= 11 is 3.44. The molecule has 2 rings (SSSR count). The normalized spacial score (nSPS) is 10.6. The van der Waals surface area contributed by atoms with E-state index in [1.807, 2.05) is 31.7 Å². The zero-order valence-corrected chi connectivity index (χ0v) is 10.7. The molecule has 1 heterocycles. The Kier molecular flexibility index (Phi) is 3.74. The first-order chi connectivity index (χ1) is 7.81. The molecule has 0 aliphatic carbocycles. The van der Waals surface area contributed by atoms with Gasteiger partial charge in [-0.15, -0.1) is 0 Å². The van der Waals surface area contributed by atoms with Crippen molar-refractivity contribution in [2.75, 3.05) is 13.6 Å². The summed E-state index contributed by atoms with van der Waals surface area (Å²) in [5.41, 5.74) is 2.35.